The summed E-state index contributed by atoms with van der Waals surface area (Å²) in [6.45, 7) is 5.31. The molecule has 3 aromatic rings. The summed E-state index contributed by atoms with van der Waals surface area (Å²) in [6.07, 6.45) is 0.321. The lowest BCUT2D eigenvalue weighted by Gasteiger charge is -2.04. The number of benzene rings is 1. The highest BCUT2D eigenvalue weighted by atomic mass is 16.5. The van der Waals surface area contributed by atoms with Crippen LogP contribution in [-0.2, 0) is 22.5 Å². The van der Waals surface area contributed by atoms with Gasteiger partial charge in [-0.15, -0.1) is 0 Å². The minimum atomic E-state index is -0.500. The van der Waals surface area contributed by atoms with Gasteiger partial charge in [0.1, 0.15) is 18.0 Å². The van der Waals surface area contributed by atoms with Crippen molar-refractivity contribution in [2.75, 3.05) is 6.61 Å². The zero-order valence-corrected chi connectivity index (χ0v) is 17.2. The van der Waals surface area contributed by atoms with Gasteiger partial charge in [-0.1, -0.05) is 30.3 Å². The quantitative estimate of drug-likeness (QED) is 0.434. The monoisotopic (exact) mass is 408 g/mol. The number of nitrogens with one attached hydrogen (secondary N) is 2. The van der Waals surface area contributed by atoms with Gasteiger partial charge >= 0.3 is 11.9 Å². The van der Waals surface area contributed by atoms with E-state index in [4.69, 9.17) is 9.47 Å². The molecule has 0 bridgehead atoms. The largest absolute Gasteiger partial charge is 0.461 e. The number of Topliss-reactive ketones (excluding diaryl/α,β-unsaturated/α-hetero) is 1. The Balaban J connectivity index is 1.75. The Hall–Kier alpha value is -3.61. The van der Waals surface area contributed by atoms with Crippen molar-refractivity contribution in [2.45, 2.75) is 33.8 Å². The molecule has 1 aromatic carbocycles. The van der Waals surface area contributed by atoms with Crippen molar-refractivity contribution < 1.29 is 23.9 Å². The minimum absolute atomic E-state index is 0.150. The van der Waals surface area contributed by atoms with Crippen LogP contribution < -0.4 is 0 Å². The molecule has 3 rings (SSSR count). The Labute approximate surface area is 174 Å². The Bertz CT molecular complexity index is 1060. The molecule has 0 aliphatic rings. The number of H-pyrrole nitrogens is 2. The first kappa shape index (κ1) is 21.1. The normalized spacial score (nSPS) is 10.6. The average Bonchev–Trinajstić information content (AvgIpc) is 3.32. The van der Waals surface area contributed by atoms with Gasteiger partial charge in [0.15, 0.2) is 5.78 Å². The van der Waals surface area contributed by atoms with Crippen LogP contribution in [0.15, 0.2) is 42.5 Å². The third kappa shape index (κ3) is 4.68. The maximum Gasteiger partial charge on any atom is 0.355 e. The molecule has 30 heavy (non-hydrogen) atoms. The molecule has 7 heteroatoms. The molecule has 7 nitrogen and oxygen atoms in total. The number of aromatic nitrogens is 2. The molecule has 0 unspecified atom stereocenters. The Kier molecular flexibility index (Phi) is 6.51. The fraction of sp³-hybridized carbons (Fsp3) is 0.261. The number of carbonyl (C=O) groups excluding carboxylic acids is 3. The van der Waals surface area contributed by atoms with E-state index < -0.39 is 11.9 Å². The molecule has 2 aromatic heterocycles. The smallest absolute Gasteiger partial charge is 0.355 e. The number of aromatic amines is 2. The molecular formula is C23H24N2O5. The number of esters is 2. The third-order valence-electron chi connectivity index (χ3n) is 4.71. The van der Waals surface area contributed by atoms with Crippen LogP contribution in [0.25, 0.3) is 0 Å². The van der Waals surface area contributed by atoms with Gasteiger partial charge < -0.3 is 19.4 Å². The molecular weight excluding hydrogens is 384 g/mol. The molecule has 0 atom stereocenters. The Morgan fingerprint density at radius 2 is 1.67 bits per heavy atom. The summed E-state index contributed by atoms with van der Waals surface area (Å²) >= 11 is 0. The highest BCUT2D eigenvalue weighted by Crippen LogP contribution is 2.23. The van der Waals surface area contributed by atoms with Crippen molar-refractivity contribution in [3.63, 3.8) is 0 Å². The molecule has 0 saturated carbocycles. The highest BCUT2D eigenvalue weighted by Gasteiger charge is 2.23. The maximum absolute atomic E-state index is 12.3. The van der Waals surface area contributed by atoms with E-state index in [0.717, 1.165) is 5.56 Å². The van der Waals surface area contributed by atoms with Crippen LogP contribution in [-0.4, -0.2) is 34.3 Å². The van der Waals surface area contributed by atoms with E-state index in [-0.39, 0.29) is 24.7 Å². The van der Waals surface area contributed by atoms with Gasteiger partial charge in [0.25, 0.3) is 0 Å². The van der Waals surface area contributed by atoms with Crippen LogP contribution in [0.1, 0.15) is 67.7 Å². The zero-order chi connectivity index (χ0) is 21.7. The van der Waals surface area contributed by atoms with E-state index in [0.29, 0.717) is 34.6 Å². The van der Waals surface area contributed by atoms with Crippen molar-refractivity contribution in [2.24, 2.45) is 0 Å². The van der Waals surface area contributed by atoms with Crippen molar-refractivity contribution >= 4 is 17.7 Å². The van der Waals surface area contributed by atoms with Gasteiger partial charge in [-0.2, -0.15) is 0 Å². The second-order valence-electron chi connectivity index (χ2n) is 6.89. The molecule has 2 heterocycles. The number of hydrogen-bond donors (Lipinski definition) is 2. The number of ether oxygens (including phenoxy) is 2. The Morgan fingerprint density at radius 1 is 0.933 bits per heavy atom. The van der Waals surface area contributed by atoms with Crippen molar-refractivity contribution in [3.8, 4) is 0 Å². The molecule has 0 saturated heterocycles. The van der Waals surface area contributed by atoms with E-state index in [2.05, 4.69) is 9.97 Å². The second kappa shape index (κ2) is 9.26. The lowest BCUT2D eigenvalue weighted by molar-refractivity contribution is 0.0465. The summed E-state index contributed by atoms with van der Waals surface area (Å²) in [5.41, 5.74) is 3.81. The predicted octanol–water partition coefficient (Wildman–Crippen LogP) is 3.98. The fourth-order valence-corrected chi connectivity index (χ4v) is 3.33. The summed E-state index contributed by atoms with van der Waals surface area (Å²) in [6, 6.07) is 12.8. The van der Waals surface area contributed by atoms with E-state index in [1.54, 1.807) is 26.0 Å². The van der Waals surface area contributed by atoms with Gasteiger partial charge in [0.2, 0.25) is 0 Å². The molecule has 0 radical (unpaired) electrons. The van der Waals surface area contributed by atoms with Gasteiger partial charge in [-0.05, 0) is 44.0 Å². The highest BCUT2D eigenvalue weighted by molar-refractivity contribution is 6.01. The number of rotatable bonds is 8. The van der Waals surface area contributed by atoms with Gasteiger partial charge in [0.05, 0.1) is 6.61 Å². The predicted molar refractivity (Wildman–Crippen MR) is 111 cm³/mol. The molecule has 0 aliphatic heterocycles. The topological polar surface area (TPSA) is 101 Å². The zero-order valence-electron chi connectivity index (χ0n) is 17.2. The minimum Gasteiger partial charge on any atom is -0.461 e. The first-order valence-electron chi connectivity index (χ1n) is 9.69. The third-order valence-corrected chi connectivity index (χ3v) is 4.71. The van der Waals surface area contributed by atoms with Crippen LogP contribution in [0.4, 0.5) is 0 Å². The summed E-state index contributed by atoms with van der Waals surface area (Å²) in [5, 5.41) is 0. The van der Waals surface area contributed by atoms with E-state index in [9.17, 15) is 14.4 Å². The first-order chi connectivity index (χ1) is 14.4. The van der Waals surface area contributed by atoms with Crippen molar-refractivity contribution in [3.05, 3.63) is 81.9 Å². The van der Waals surface area contributed by atoms with Crippen LogP contribution in [0.3, 0.4) is 0 Å². The average molecular weight is 408 g/mol. The summed E-state index contributed by atoms with van der Waals surface area (Å²) < 4.78 is 10.4. The number of hydrogen-bond acceptors (Lipinski definition) is 5. The molecule has 2 N–H and O–H groups in total. The fourth-order valence-electron chi connectivity index (χ4n) is 3.33. The Morgan fingerprint density at radius 3 is 2.33 bits per heavy atom. The van der Waals surface area contributed by atoms with E-state index in [1.807, 2.05) is 30.3 Å². The lowest BCUT2D eigenvalue weighted by Crippen LogP contribution is -2.07. The van der Waals surface area contributed by atoms with Gasteiger partial charge in [-0.25, -0.2) is 9.59 Å². The van der Waals surface area contributed by atoms with Crippen LogP contribution >= 0.6 is 0 Å². The van der Waals surface area contributed by atoms with Gasteiger partial charge in [0, 0.05) is 23.4 Å². The van der Waals surface area contributed by atoms with Gasteiger partial charge in [-0.3, -0.25) is 4.79 Å². The van der Waals surface area contributed by atoms with E-state index in [1.165, 1.54) is 6.92 Å². The summed E-state index contributed by atoms with van der Waals surface area (Å²) in [5.74, 6) is -1.12. The van der Waals surface area contributed by atoms with Crippen molar-refractivity contribution in [1.29, 1.82) is 0 Å². The lowest BCUT2D eigenvalue weighted by atomic mass is 10.0. The first-order valence-corrected chi connectivity index (χ1v) is 9.69. The van der Waals surface area contributed by atoms with Crippen LogP contribution in [0, 0.1) is 6.92 Å². The summed E-state index contributed by atoms with van der Waals surface area (Å²) in [4.78, 5) is 42.6. The molecule has 0 fully saturated rings. The standard InChI is InChI=1S/C23H24N2O5/c1-4-29-23(28)21-14(2)20(15(3)26)19(25-21)12-17-10-11-18(24-17)22(27)30-13-16-8-6-5-7-9-16/h5-11,24-25H,4,12-13H2,1-3H3. The van der Waals surface area contributed by atoms with Crippen LogP contribution in [0.2, 0.25) is 0 Å². The molecule has 156 valence electrons. The molecule has 0 amide bonds. The van der Waals surface area contributed by atoms with Crippen LogP contribution in [0.5, 0.6) is 0 Å². The SMILES string of the molecule is CCOC(=O)c1[nH]c(Cc2ccc(C(=O)OCc3ccccc3)[nH]2)c(C(C)=O)c1C. The summed E-state index contributed by atoms with van der Waals surface area (Å²) in [7, 11) is 0. The second-order valence-corrected chi connectivity index (χ2v) is 6.89. The van der Waals surface area contributed by atoms with E-state index >= 15 is 0 Å². The molecule has 0 spiro atoms. The maximum atomic E-state index is 12.3. The number of ketones is 1. The van der Waals surface area contributed by atoms with Crippen molar-refractivity contribution in [1.82, 2.24) is 9.97 Å². The number of carbonyl (C=O) groups is 3. The molecule has 0 aliphatic carbocycles.